The minimum Gasteiger partial charge on any atom is -0.336 e. The third kappa shape index (κ3) is 3.36. The van der Waals surface area contributed by atoms with E-state index in [4.69, 9.17) is 0 Å². The van der Waals surface area contributed by atoms with E-state index in [1.165, 1.54) is 12.1 Å². The number of nitrogens with zero attached hydrogens (tertiary/aromatic N) is 4. The lowest BCUT2D eigenvalue weighted by atomic mass is 10.1. The van der Waals surface area contributed by atoms with Gasteiger partial charge in [-0.2, -0.15) is 9.57 Å². The number of nitriles is 1. The van der Waals surface area contributed by atoms with Gasteiger partial charge in [-0.05, 0) is 37.5 Å². The summed E-state index contributed by atoms with van der Waals surface area (Å²) in [5.41, 5.74) is 0. The molecule has 0 aliphatic carbocycles. The van der Waals surface area contributed by atoms with Crippen LogP contribution in [0.3, 0.4) is 0 Å². The molecule has 10 heteroatoms. The van der Waals surface area contributed by atoms with Gasteiger partial charge >= 0.3 is 0 Å². The molecule has 30 heavy (non-hydrogen) atoms. The predicted molar refractivity (Wildman–Crippen MR) is 104 cm³/mol. The van der Waals surface area contributed by atoms with E-state index in [2.05, 4.69) is 6.07 Å². The summed E-state index contributed by atoms with van der Waals surface area (Å²) in [5.74, 6) is -1.61. The second-order valence-corrected chi connectivity index (χ2v) is 10.0. The van der Waals surface area contributed by atoms with Crippen LogP contribution in [0.15, 0.2) is 29.2 Å². The Bertz CT molecular complexity index is 1020. The van der Waals surface area contributed by atoms with Gasteiger partial charge in [0.05, 0.1) is 16.9 Å². The maximum atomic E-state index is 13.5. The van der Waals surface area contributed by atoms with Crippen molar-refractivity contribution in [2.75, 3.05) is 19.6 Å². The van der Waals surface area contributed by atoms with E-state index >= 15 is 0 Å². The molecule has 3 heterocycles. The fourth-order valence-corrected chi connectivity index (χ4v) is 6.36. The quantitative estimate of drug-likeness (QED) is 0.687. The van der Waals surface area contributed by atoms with Crippen LogP contribution in [-0.4, -0.2) is 72.1 Å². The van der Waals surface area contributed by atoms with Crippen molar-refractivity contribution in [3.63, 3.8) is 0 Å². The average molecular weight is 434 g/mol. The second-order valence-electron chi connectivity index (χ2n) is 8.15. The lowest BCUT2D eigenvalue weighted by Crippen LogP contribution is -2.54. The van der Waals surface area contributed by atoms with Crippen LogP contribution >= 0.6 is 0 Å². The van der Waals surface area contributed by atoms with Gasteiger partial charge in [0.2, 0.25) is 21.8 Å². The first kappa shape index (κ1) is 20.8. The van der Waals surface area contributed by atoms with Crippen LogP contribution in [0.2, 0.25) is 0 Å². The Morgan fingerprint density at radius 2 is 2.17 bits per heavy atom. The number of halogens is 1. The fourth-order valence-electron chi connectivity index (χ4n) is 4.69. The molecule has 0 spiro atoms. The SMILES string of the molecule is C[C@@H](CN1C(=O)[C@H]2C[C@@H]1CN2S(=O)(=O)c1cccc(F)c1)C(=O)N1CCC[C@H]1C#N. The lowest BCUT2D eigenvalue weighted by Gasteiger charge is -2.35. The molecular weight excluding hydrogens is 411 g/mol. The van der Waals surface area contributed by atoms with Crippen LogP contribution in [0, 0.1) is 23.1 Å². The van der Waals surface area contributed by atoms with Crippen LogP contribution in [-0.2, 0) is 19.6 Å². The van der Waals surface area contributed by atoms with Gasteiger partial charge in [-0.3, -0.25) is 9.59 Å². The van der Waals surface area contributed by atoms with Crippen LogP contribution in [0.25, 0.3) is 0 Å². The number of sulfonamides is 1. The summed E-state index contributed by atoms with van der Waals surface area (Å²) in [7, 11) is -3.98. The van der Waals surface area contributed by atoms with Crippen LogP contribution in [0.4, 0.5) is 4.39 Å². The number of carbonyl (C=O) groups excluding carboxylic acids is 2. The number of piperazine rings is 1. The van der Waals surface area contributed by atoms with E-state index in [0.717, 1.165) is 22.9 Å². The summed E-state index contributed by atoms with van der Waals surface area (Å²) in [6.07, 6.45) is 1.81. The maximum Gasteiger partial charge on any atom is 0.243 e. The maximum absolute atomic E-state index is 13.5. The molecule has 0 radical (unpaired) electrons. The number of fused-ring (bicyclic) bond motifs is 2. The molecule has 0 unspecified atom stereocenters. The van der Waals surface area contributed by atoms with Crippen molar-refractivity contribution in [3.8, 4) is 6.07 Å². The minimum atomic E-state index is -3.98. The number of hydrogen-bond donors (Lipinski definition) is 0. The highest BCUT2D eigenvalue weighted by Gasteiger charge is 2.54. The van der Waals surface area contributed by atoms with E-state index in [-0.39, 0.29) is 35.8 Å². The monoisotopic (exact) mass is 434 g/mol. The van der Waals surface area contributed by atoms with E-state index in [1.54, 1.807) is 16.7 Å². The summed E-state index contributed by atoms with van der Waals surface area (Å²) in [4.78, 5) is 28.6. The molecule has 4 rings (SSSR count). The molecule has 160 valence electrons. The highest BCUT2D eigenvalue weighted by Crippen LogP contribution is 2.36. The summed E-state index contributed by atoms with van der Waals surface area (Å²) in [6.45, 7) is 2.60. The zero-order valence-electron chi connectivity index (χ0n) is 16.6. The molecule has 2 bridgehead atoms. The highest BCUT2D eigenvalue weighted by molar-refractivity contribution is 7.89. The van der Waals surface area contributed by atoms with Crippen molar-refractivity contribution in [1.29, 1.82) is 5.26 Å². The number of rotatable bonds is 5. The molecule has 0 saturated carbocycles. The Balaban J connectivity index is 1.45. The number of carbonyl (C=O) groups is 2. The number of likely N-dealkylation sites (tertiary alicyclic amines) is 2. The van der Waals surface area contributed by atoms with Crippen molar-refractivity contribution in [2.45, 2.75) is 49.2 Å². The molecule has 3 aliphatic rings. The third-order valence-corrected chi connectivity index (χ3v) is 8.09. The highest BCUT2D eigenvalue weighted by atomic mass is 32.2. The van der Waals surface area contributed by atoms with Crippen molar-refractivity contribution in [3.05, 3.63) is 30.1 Å². The van der Waals surface area contributed by atoms with E-state index in [0.29, 0.717) is 19.4 Å². The summed E-state index contributed by atoms with van der Waals surface area (Å²) < 4.78 is 40.4. The van der Waals surface area contributed by atoms with Gasteiger partial charge in [0.1, 0.15) is 17.9 Å². The Morgan fingerprint density at radius 1 is 1.40 bits per heavy atom. The van der Waals surface area contributed by atoms with E-state index < -0.39 is 33.8 Å². The molecule has 1 aromatic carbocycles. The summed E-state index contributed by atoms with van der Waals surface area (Å²) in [5, 5.41) is 9.20. The Hall–Kier alpha value is -2.51. The van der Waals surface area contributed by atoms with Gasteiger partial charge in [-0.25, -0.2) is 12.8 Å². The average Bonchev–Trinajstić information content (AvgIpc) is 3.43. The van der Waals surface area contributed by atoms with E-state index in [1.807, 2.05) is 0 Å². The van der Waals surface area contributed by atoms with Crippen LogP contribution in [0.1, 0.15) is 26.2 Å². The topological polar surface area (TPSA) is 102 Å². The zero-order chi connectivity index (χ0) is 21.6. The predicted octanol–water partition coefficient (Wildman–Crippen LogP) is 0.950. The van der Waals surface area contributed by atoms with Crippen molar-refractivity contribution >= 4 is 21.8 Å². The Labute approximate surface area is 174 Å². The molecule has 0 aromatic heterocycles. The van der Waals surface area contributed by atoms with Crippen molar-refractivity contribution < 1.29 is 22.4 Å². The first-order valence-electron chi connectivity index (χ1n) is 10.0. The van der Waals surface area contributed by atoms with Crippen LogP contribution < -0.4 is 0 Å². The largest absolute Gasteiger partial charge is 0.336 e. The smallest absolute Gasteiger partial charge is 0.243 e. The Kier molecular flexibility index (Phi) is 5.28. The third-order valence-electron chi connectivity index (χ3n) is 6.22. The molecule has 3 aliphatic heterocycles. The normalized spacial score (nSPS) is 27.5. The van der Waals surface area contributed by atoms with Gasteiger partial charge in [0, 0.05) is 25.7 Å². The first-order valence-corrected chi connectivity index (χ1v) is 11.5. The van der Waals surface area contributed by atoms with Gasteiger partial charge < -0.3 is 9.80 Å². The molecule has 3 fully saturated rings. The number of amides is 2. The molecule has 1 aromatic rings. The summed E-state index contributed by atoms with van der Waals surface area (Å²) in [6, 6.07) is 5.34. The van der Waals surface area contributed by atoms with Gasteiger partial charge in [-0.15, -0.1) is 0 Å². The number of hydrogen-bond acceptors (Lipinski definition) is 5. The van der Waals surface area contributed by atoms with E-state index in [9.17, 15) is 27.7 Å². The standard InChI is InChI=1S/C20H23FN4O4S/c1-13(19(26)23-7-3-5-15(23)10-22)11-24-16-9-18(20(24)27)25(12-16)30(28,29)17-6-2-4-14(21)8-17/h2,4,6,8,13,15-16,18H,3,5,7,9,11-12H2,1H3/t13-,15-,16+,18+/m0/s1. The first-order chi connectivity index (χ1) is 14.2. The van der Waals surface area contributed by atoms with Crippen molar-refractivity contribution in [1.82, 2.24) is 14.1 Å². The van der Waals surface area contributed by atoms with Gasteiger partial charge in [-0.1, -0.05) is 13.0 Å². The second kappa shape index (κ2) is 7.63. The molecule has 0 N–H and O–H groups in total. The lowest BCUT2D eigenvalue weighted by molar-refractivity contribution is -0.139. The minimum absolute atomic E-state index is 0.126. The Morgan fingerprint density at radius 3 is 2.83 bits per heavy atom. The number of benzene rings is 1. The summed E-state index contributed by atoms with van der Waals surface area (Å²) >= 11 is 0. The molecular formula is C20H23FN4O4S. The molecule has 8 nitrogen and oxygen atoms in total. The molecule has 2 amide bonds. The molecule has 3 saturated heterocycles. The fraction of sp³-hybridized carbons (Fsp3) is 0.550. The van der Waals surface area contributed by atoms with Crippen molar-refractivity contribution in [2.24, 2.45) is 5.92 Å². The van der Waals surface area contributed by atoms with Crippen LogP contribution in [0.5, 0.6) is 0 Å². The van der Waals surface area contributed by atoms with Gasteiger partial charge in [0.25, 0.3) is 0 Å². The zero-order valence-corrected chi connectivity index (χ0v) is 17.4. The molecule has 4 atom stereocenters. The van der Waals surface area contributed by atoms with Gasteiger partial charge in [0.15, 0.2) is 0 Å².